The van der Waals surface area contributed by atoms with Crippen LogP contribution in [0.1, 0.15) is 11.6 Å². The Kier molecular flexibility index (Phi) is 4.20. The van der Waals surface area contributed by atoms with Crippen LogP contribution in [0.3, 0.4) is 0 Å². The maximum Gasteiger partial charge on any atom is 0.350 e. The fourth-order valence-electron chi connectivity index (χ4n) is 2.37. The van der Waals surface area contributed by atoms with Crippen LogP contribution >= 0.6 is 0 Å². The van der Waals surface area contributed by atoms with Crippen molar-refractivity contribution in [2.75, 3.05) is 6.61 Å². The van der Waals surface area contributed by atoms with Crippen LogP contribution < -0.4 is 11.0 Å². The van der Waals surface area contributed by atoms with Gasteiger partial charge in [-0.3, -0.25) is 9.20 Å². The third-order valence-corrected chi connectivity index (χ3v) is 3.50. The molecule has 0 aliphatic carbocycles. The predicted octanol–water partition coefficient (Wildman–Crippen LogP) is 0.346. The van der Waals surface area contributed by atoms with Gasteiger partial charge in [-0.15, -0.1) is 5.10 Å². The summed E-state index contributed by atoms with van der Waals surface area (Å²) in [7, 11) is 0. The highest BCUT2D eigenvalue weighted by atomic mass is 16.3. The minimum absolute atomic E-state index is 0.205. The lowest BCUT2D eigenvalue weighted by Crippen LogP contribution is -2.36. The summed E-state index contributed by atoms with van der Waals surface area (Å²) >= 11 is 0. The first-order chi connectivity index (χ1) is 11.2. The van der Waals surface area contributed by atoms with Gasteiger partial charge < -0.3 is 10.4 Å². The molecule has 0 fully saturated rings. The molecule has 3 rings (SSSR count). The second-order valence-electron chi connectivity index (χ2n) is 5.08. The van der Waals surface area contributed by atoms with Crippen molar-refractivity contribution in [3.05, 3.63) is 70.8 Å². The van der Waals surface area contributed by atoms with Crippen LogP contribution in [0.2, 0.25) is 0 Å². The van der Waals surface area contributed by atoms with Gasteiger partial charge in [0.05, 0.1) is 12.6 Å². The van der Waals surface area contributed by atoms with Crippen LogP contribution in [-0.2, 0) is 11.3 Å². The van der Waals surface area contributed by atoms with Gasteiger partial charge in [-0.1, -0.05) is 36.4 Å². The van der Waals surface area contributed by atoms with Crippen molar-refractivity contribution < 1.29 is 9.90 Å². The first-order valence-corrected chi connectivity index (χ1v) is 7.18. The van der Waals surface area contributed by atoms with E-state index < -0.39 is 11.9 Å². The molecule has 118 valence electrons. The highest BCUT2D eigenvalue weighted by molar-refractivity contribution is 5.76. The Morgan fingerprint density at radius 2 is 1.91 bits per heavy atom. The molecule has 1 atom stereocenters. The number of hydrogen-bond donors (Lipinski definition) is 2. The average molecular weight is 312 g/mol. The molecule has 1 amide bonds. The smallest absolute Gasteiger partial charge is 0.350 e. The van der Waals surface area contributed by atoms with E-state index in [-0.39, 0.29) is 18.8 Å². The summed E-state index contributed by atoms with van der Waals surface area (Å²) in [5.74, 6) is -0.390. The van der Waals surface area contributed by atoms with E-state index >= 15 is 0 Å². The van der Waals surface area contributed by atoms with Crippen molar-refractivity contribution in [2.45, 2.75) is 12.6 Å². The van der Waals surface area contributed by atoms with E-state index in [2.05, 4.69) is 10.4 Å². The zero-order chi connectivity index (χ0) is 16.2. The Bertz CT molecular complexity index is 870. The van der Waals surface area contributed by atoms with Crippen molar-refractivity contribution in [3.8, 4) is 0 Å². The number of carbonyl (C=O) groups excluding carboxylic acids is 1. The maximum atomic E-state index is 12.2. The molecule has 1 aromatic carbocycles. The quantitative estimate of drug-likeness (QED) is 0.711. The topological polar surface area (TPSA) is 88.6 Å². The number of aliphatic hydroxyl groups is 1. The van der Waals surface area contributed by atoms with Crippen LogP contribution in [0.25, 0.3) is 5.65 Å². The minimum Gasteiger partial charge on any atom is -0.394 e. The first kappa shape index (κ1) is 15.0. The number of amides is 1. The van der Waals surface area contributed by atoms with Crippen molar-refractivity contribution in [3.63, 3.8) is 0 Å². The number of aliphatic hydroxyl groups excluding tert-OH is 1. The Labute approximate surface area is 131 Å². The van der Waals surface area contributed by atoms with Crippen LogP contribution in [-0.4, -0.2) is 31.8 Å². The molecule has 2 heterocycles. The maximum absolute atomic E-state index is 12.2. The highest BCUT2D eigenvalue weighted by Crippen LogP contribution is 2.11. The van der Waals surface area contributed by atoms with Gasteiger partial charge in [0, 0.05) is 6.20 Å². The summed E-state index contributed by atoms with van der Waals surface area (Å²) in [6.07, 6.45) is 1.60. The number of nitrogens with zero attached hydrogens (tertiary/aromatic N) is 3. The summed E-state index contributed by atoms with van der Waals surface area (Å²) in [5.41, 5.74) is 0.897. The fraction of sp³-hybridized carbons (Fsp3) is 0.188. The van der Waals surface area contributed by atoms with E-state index in [1.807, 2.05) is 30.3 Å². The second-order valence-corrected chi connectivity index (χ2v) is 5.08. The van der Waals surface area contributed by atoms with Crippen molar-refractivity contribution in [2.24, 2.45) is 0 Å². The van der Waals surface area contributed by atoms with Gasteiger partial charge in [-0.2, -0.15) is 0 Å². The van der Waals surface area contributed by atoms with Crippen molar-refractivity contribution >= 4 is 11.6 Å². The molecule has 0 unspecified atom stereocenters. The Morgan fingerprint density at radius 1 is 1.17 bits per heavy atom. The van der Waals surface area contributed by atoms with Gasteiger partial charge >= 0.3 is 5.69 Å². The number of hydrogen-bond acceptors (Lipinski definition) is 4. The predicted molar refractivity (Wildman–Crippen MR) is 83.9 cm³/mol. The zero-order valence-corrected chi connectivity index (χ0v) is 12.3. The molecule has 0 radical (unpaired) electrons. The van der Waals surface area contributed by atoms with Gasteiger partial charge in [0.2, 0.25) is 5.91 Å². The van der Waals surface area contributed by atoms with E-state index in [1.54, 1.807) is 24.4 Å². The molecule has 0 aliphatic heterocycles. The number of aromatic nitrogens is 3. The molecule has 3 aromatic rings. The third-order valence-electron chi connectivity index (χ3n) is 3.50. The SMILES string of the molecule is O=C(Cn1nc2ccccn2c1=O)N[C@H](CO)c1ccccc1. The Hall–Kier alpha value is -2.93. The molecule has 0 spiro atoms. The van der Waals surface area contributed by atoms with Gasteiger partial charge in [-0.25, -0.2) is 9.48 Å². The van der Waals surface area contributed by atoms with Crippen LogP contribution in [0.15, 0.2) is 59.5 Å². The van der Waals surface area contributed by atoms with Gasteiger partial charge in [0.1, 0.15) is 6.54 Å². The van der Waals surface area contributed by atoms with E-state index in [1.165, 1.54) is 4.40 Å². The number of rotatable bonds is 5. The fourth-order valence-corrected chi connectivity index (χ4v) is 2.37. The third kappa shape index (κ3) is 3.14. The van der Waals surface area contributed by atoms with Gasteiger partial charge in [-0.05, 0) is 17.7 Å². The number of nitrogens with one attached hydrogen (secondary N) is 1. The zero-order valence-electron chi connectivity index (χ0n) is 12.3. The number of pyridine rings is 1. The first-order valence-electron chi connectivity index (χ1n) is 7.18. The van der Waals surface area contributed by atoms with E-state index in [4.69, 9.17) is 0 Å². The summed E-state index contributed by atoms with van der Waals surface area (Å²) in [4.78, 5) is 24.3. The molecule has 2 aromatic heterocycles. The molecule has 0 saturated carbocycles. The molecule has 7 heteroatoms. The standard InChI is InChI=1S/C16H16N4O3/c21-11-13(12-6-2-1-3-7-12)17-15(22)10-20-16(23)19-9-5-4-8-14(19)18-20/h1-9,13,21H,10-11H2,(H,17,22)/t13-/m1/s1. The van der Waals surface area contributed by atoms with Gasteiger partial charge in [0.25, 0.3) is 0 Å². The Balaban J connectivity index is 1.75. The molecule has 0 bridgehead atoms. The molecular weight excluding hydrogens is 296 g/mol. The molecule has 2 N–H and O–H groups in total. The second kappa shape index (κ2) is 6.45. The normalized spacial score (nSPS) is 12.2. The molecular formula is C16H16N4O3. The monoisotopic (exact) mass is 312 g/mol. The minimum atomic E-state index is -0.517. The van der Waals surface area contributed by atoms with Crippen molar-refractivity contribution in [1.29, 1.82) is 0 Å². The number of fused-ring (bicyclic) bond motifs is 1. The summed E-state index contributed by atoms with van der Waals surface area (Å²) in [5, 5.41) is 16.3. The molecule has 7 nitrogen and oxygen atoms in total. The van der Waals surface area contributed by atoms with Crippen LogP contribution in [0, 0.1) is 0 Å². The summed E-state index contributed by atoms with van der Waals surface area (Å²) < 4.78 is 2.47. The van der Waals surface area contributed by atoms with Crippen LogP contribution in [0.4, 0.5) is 0 Å². The van der Waals surface area contributed by atoms with E-state index in [9.17, 15) is 14.7 Å². The summed E-state index contributed by atoms with van der Waals surface area (Å²) in [6.45, 7) is -0.431. The largest absolute Gasteiger partial charge is 0.394 e. The van der Waals surface area contributed by atoms with Crippen LogP contribution in [0.5, 0.6) is 0 Å². The van der Waals surface area contributed by atoms with Crippen molar-refractivity contribution in [1.82, 2.24) is 19.5 Å². The Morgan fingerprint density at radius 3 is 2.61 bits per heavy atom. The summed E-state index contributed by atoms with van der Waals surface area (Å²) in [6, 6.07) is 13.8. The van der Waals surface area contributed by atoms with E-state index in [0.29, 0.717) is 5.65 Å². The highest BCUT2D eigenvalue weighted by Gasteiger charge is 2.15. The number of carbonyl (C=O) groups is 1. The lowest BCUT2D eigenvalue weighted by molar-refractivity contribution is -0.123. The number of benzene rings is 1. The molecule has 0 aliphatic rings. The molecule has 23 heavy (non-hydrogen) atoms. The van der Waals surface area contributed by atoms with Gasteiger partial charge in [0.15, 0.2) is 5.65 Å². The van der Waals surface area contributed by atoms with E-state index in [0.717, 1.165) is 10.2 Å². The average Bonchev–Trinajstić information content (AvgIpc) is 2.90. The lowest BCUT2D eigenvalue weighted by Gasteiger charge is -2.16. The molecule has 0 saturated heterocycles. The lowest BCUT2D eigenvalue weighted by atomic mass is 10.1.